The summed E-state index contributed by atoms with van der Waals surface area (Å²) in [5.74, 6) is 0. The predicted molar refractivity (Wildman–Crippen MR) is 71.8 cm³/mol. The average Bonchev–Trinajstić information content (AvgIpc) is 2.29. The van der Waals surface area contributed by atoms with Gasteiger partial charge in [-0.3, -0.25) is 0 Å². The van der Waals surface area contributed by atoms with Crippen molar-refractivity contribution in [2.75, 3.05) is 19.8 Å². The minimum Gasteiger partial charge on any atom is -0.394 e. The Morgan fingerprint density at radius 3 is 1.88 bits per heavy atom. The van der Waals surface area contributed by atoms with Gasteiger partial charge >= 0.3 is 8.56 Å². The molecule has 16 heavy (non-hydrogen) atoms. The van der Waals surface area contributed by atoms with Gasteiger partial charge in [0.15, 0.2) is 0 Å². The zero-order valence-electron chi connectivity index (χ0n) is 11.3. The van der Waals surface area contributed by atoms with E-state index in [2.05, 4.69) is 20.8 Å². The van der Waals surface area contributed by atoms with Crippen LogP contribution in [0.4, 0.5) is 0 Å². The van der Waals surface area contributed by atoms with Gasteiger partial charge in [0.25, 0.3) is 0 Å². The molecule has 0 saturated carbocycles. The van der Waals surface area contributed by atoms with Crippen molar-refractivity contribution in [3.05, 3.63) is 0 Å². The molecule has 0 aliphatic rings. The lowest BCUT2D eigenvalue weighted by Gasteiger charge is -2.28. The van der Waals surface area contributed by atoms with Gasteiger partial charge in [-0.25, -0.2) is 0 Å². The Morgan fingerprint density at radius 1 is 0.875 bits per heavy atom. The third kappa shape index (κ3) is 6.63. The fourth-order valence-corrected chi connectivity index (χ4v) is 4.96. The van der Waals surface area contributed by atoms with Crippen LogP contribution in [0.3, 0.4) is 0 Å². The van der Waals surface area contributed by atoms with Gasteiger partial charge in [0, 0.05) is 13.2 Å². The Morgan fingerprint density at radius 2 is 1.44 bits per heavy atom. The van der Waals surface area contributed by atoms with E-state index < -0.39 is 8.56 Å². The number of rotatable bonds is 11. The Kier molecular flexibility index (Phi) is 10.3. The van der Waals surface area contributed by atoms with E-state index in [-0.39, 0.29) is 0 Å². The van der Waals surface area contributed by atoms with Gasteiger partial charge in [0.1, 0.15) is 0 Å². The monoisotopic (exact) mass is 247 g/mol. The molecule has 0 saturated heterocycles. The second kappa shape index (κ2) is 10.3. The number of hydrogen-bond donors (Lipinski definition) is 1. The highest BCUT2D eigenvalue weighted by Crippen LogP contribution is 2.22. The molecule has 2 N–H and O–H groups in total. The van der Waals surface area contributed by atoms with Crippen LogP contribution in [0.15, 0.2) is 0 Å². The fourth-order valence-electron chi connectivity index (χ4n) is 1.99. The summed E-state index contributed by atoms with van der Waals surface area (Å²) in [6, 6.07) is 2.20. The minimum atomic E-state index is -1.86. The number of nitrogens with two attached hydrogens (primary N) is 1. The summed E-state index contributed by atoms with van der Waals surface area (Å²) < 4.78 is 11.8. The summed E-state index contributed by atoms with van der Waals surface area (Å²) >= 11 is 0. The lowest BCUT2D eigenvalue weighted by Crippen LogP contribution is -2.41. The van der Waals surface area contributed by atoms with Gasteiger partial charge in [-0.15, -0.1) is 0 Å². The lowest BCUT2D eigenvalue weighted by atomic mass is 10.2. The zero-order valence-corrected chi connectivity index (χ0v) is 12.3. The Bertz CT molecular complexity index is 150. The molecule has 98 valence electrons. The van der Waals surface area contributed by atoms with E-state index in [1.165, 1.54) is 19.3 Å². The molecule has 0 unspecified atom stereocenters. The van der Waals surface area contributed by atoms with Crippen LogP contribution in [-0.4, -0.2) is 28.3 Å². The highest BCUT2D eigenvalue weighted by molar-refractivity contribution is 6.67. The van der Waals surface area contributed by atoms with Crippen molar-refractivity contribution in [3.63, 3.8) is 0 Å². The van der Waals surface area contributed by atoms with Crippen molar-refractivity contribution in [3.8, 4) is 0 Å². The van der Waals surface area contributed by atoms with Crippen LogP contribution in [0.5, 0.6) is 0 Å². The summed E-state index contributed by atoms with van der Waals surface area (Å²) in [6.45, 7) is 8.69. The van der Waals surface area contributed by atoms with Crippen LogP contribution in [0.1, 0.15) is 46.5 Å². The first-order valence-electron chi connectivity index (χ1n) is 6.72. The van der Waals surface area contributed by atoms with Crippen LogP contribution in [0, 0.1) is 0 Å². The van der Waals surface area contributed by atoms with Crippen LogP contribution in [-0.2, 0) is 8.85 Å². The molecule has 0 aromatic carbocycles. The molecule has 0 atom stereocenters. The summed E-state index contributed by atoms with van der Waals surface area (Å²) in [4.78, 5) is 0. The molecule has 0 amide bonds. The van der Waals surface area contributed by atoms with Crippen LogP contribution >= 0.6 is 0 Å². The molecule has 0 fully saturated rings. The van der Waals surface area contributed by atoms with E-state index in [1.807, 2.05) is 0 Å². The molecule has 0 spiro atoms. The van der Waals surface area contributed by atoms with Gasteiger partial charge in [-0.1, -0.05) is 26.2 Å². The molecule has 0 radical (unpaired) electrons. The normalized spacial score (nSPS) is 12.0. The Hall–Kier alpha value is 0.0969. The fraction of sp³-hybridized carbons (Fsp3) is 1.00. The topological polar surface area (TPSA) is 44.5 Å². The first-order chi connectivity index (χ1) is 7.74. The standard InChI is InChI=1S/C12H29NO2Si/c1-4-14-16(6-3,15-5-2)12-10-8-7-9-11-13/h4-13H2,1-3H3. The van der Waals surface area contributed by atoms with Crippen LogP contribution in [0.25, 0.3) is 0 Å². The zero-order chi connectivity index (χ0) is 12.3. The molecule has 0 aliphatic carbocycles. The summed E-state index contributed by atoms with van der Waals surface area (Å²) in [5.41, 5.74) is 5.48. The first kappa shape index (κ1) is 16.1. The molecule has 0 heterocycles. The minimum absolute atomic E-state index is 0.781. The van der Waals surface area contributed by atoms with Crippen molar-refractivity contribution < 1.29 is 8.85 Å². The third-order valence-electron chi connectivity index (χ3n) is 2.87. The maximum atomic E-state index is 5.92. The van der Waals surface area contributed by atoms with E-state index in [9.17, 15) is 0 Å². The molecule has 0 aliphatic heterocycles. The van der Waals surface area contributed by atoms with E-state index >= 15 is 0 Å². The molecule has 0 bridgehead atoms. The van der Waals surface area contributed by atoms with E-state index in [1.54, 1.807) is 0 Å². The van der Waals surface area contributed by atoms with Crippen molar-refractivity contribution in [1.82, 2.24) is 0 Å². The van der Waals surface area contributed by atoms with Gasteiger partial charge in [-0.05, 0) is 38.9 Å². The van der Waals surface area contributed by atoms with Gasteiger partial charge < -0.3 is 14.6 Å². The summed E-state index contributed by atoms with van der Waals surface area (Å²) in [5, 5.41) is 0. The molecule has 3 nitrogen and oxygen atoms in total. The van der Waals surface area contributed by atoms with E-state index in [0.717, 1.165) is 38.3 Å². The van der Waals surface area contributed by atoms with Crippen molar-refractivity contribution in [2.24, 2.45) is 5.73 Å². The Balaban J connectivity index is 3.89. The van der Waals surface area contributed by atoms with E-state index in [4.69, 9.17) is 14.6 Å². The highest BCUT2D eigenvalue weighted by atomic mass is 28.4. The van der Waals surface area contributed by atoms with Crippen molar-refractivity contribution >= 4 is 8.56 Å². The summed E-state index contributed by atoms with van der Waals surface area (Å²) in [6.07, 6.45) is 4.86. The smallest absolute Gasteiger partial charge is 0.337 e. The molecular weight excluding hydrogens is 218 g/mol. The molecule has 4 heteroatoms. The van der Waals surface area contributed by atoms with Gasteiger partial charge in [0.2, 0.25) is 0 Å². The maximum Gasteiger partial charge on any atom is 0.337 e. The Labute approximate surface area is 102 Å². The van der Waals surface area contributed by atoms with Crippen molar-refractivity contribution in [2.45, 2.75) is 58.5 Å². The average molecular weight is 247 g/mol. The quantitative estimate of drug-likeness (QED) is 0.451. The van der Waals surface area contributed by atoms with Gasteiger partial charge in [0.05, 0.1) is 0 Å². The lowest BCUT2D eigenvalue weighted by molar-refractivity contribution is 0.182. The van der Waals surface area contributed by atoms with Gasteiger partial charge in [-0.2, -0.15) is 0 Å². The highest BCUT2D eigenvalue weighted by Gasteiger charge is 2.33. The number of unbranched alkanes of at least 4 members (excludes halogenated alkanes) is 3. The molecule has 0 aromatic rings. The largest absolute Gasteiger partial charge is 0.394 e. The predicted octanol–water partition coefficient (Wildman–Crippen LogP) is 3.04. The second-order valence-corrected chi connectivity index (χ2v) is 7.69. The van der Waals surface area contributed by atoms with Crippen LogP contribution < -0.4 is 5.73 Å². The summed E-state index contributed by atoms with van der Waals surface area (Å²) in [7, 11) is -1.86. The first-order valence-corrected chi connectivity index (χ1v) is 8.95. The molecule has 0 rings (SSSR count). The third-order valence-corrected chi connectivity index (χ3v) is 6.69. The SMILES string of the molecule is CCO[Si](CC)(CCCCCCN)OCC. The molecule has 0 aromatic heterocycles. The van der Waals surface area contributed by atoms with Crippen LogP contribution in [0.2, 0.25) is 12.1 Å². The molecular formula is C12H29NO2Si. The second-order valence-electron chi connectivity index (χ2n) is 4.08. The van der Waals surface area contributed by atoms with E-state index in [0.29, 0.717) is 0 Å². The maximum absolute atomic E-state index is 5.92. The van der Waals surface area contributed by atoms with Crippen molar-refractivity contribution in [1.29, 1.82) is 0 Å². The number of hydrogen-bond acceptors (Lipinski definition) is 3.